The summed E-state index contributed by atoms with van der Waals surface area (Å²) < 4.78 is 5.22. The van der Waals surface area contributed by atoms with E-state index in [2.05, 4.69) is 19.1 Å². The van der Waals surface area contributed by atoms with E-state index in [-0.39, 0.29) is 18.4 Å². The maximum absolute atomic E-state index is 11.6. The van der Waals surface area contributed by atoms with Crippen LogP contribution >= 0.6 is 12.4 Å². The molecule has 0 fully saturated rings. The average molecular weight is 404 g/mol. The Bertz CT molecular complexity index is 322. The quantitative estimate of drug-likeness (QED) is 0.134. The Labute approximate surface area is 175 Å². The number of allylic oxidation sites excluding steroid dienone is 2. The number of unbranched alkanes of at least 4 members (excludes halogenated alkanes) is 13. The molecule has 0 heterocycles. The van der Waals surface area contributed by atoms with Crippen molar-refractivity contribution in [2.75, 3.05) is 13.2 Å². The molecule has 0 atom stereocenters. The van der Waals surface area contributed by atoms with Crippen LogP contribution in [0.1, 0.15) is 116 Å². The zero-order valence-corrected chi connectivity index (χ0v) is 18.7. The fourth-order valence-electron chi connectivity index (χ4n) is 3.02. The van der Waals surface area contributed by atoms with Gasteiger partial charge >= 0.3 is 5.97 Å². The summed E-state index contributed by atoms with van der Waals surface area (Å²) >= 11 is 0. The van der Waals surface area contributed by atoms with Gasteiger partial charge in [0, 0.05) is 6.42 Å². The summed E-state index contributed by atoms with van der Waals surface area (Å²) in [5, 5.41) is 0. The van der Waals surface area contributed by atoms with Gasteiger partial charge in [-0.15, -0.1) is 12.4 Å². The smallest absolute Gasteiger partial charge is 0.305 e. The van der Waals surface area contributed by atoms with Crippen molar-refractivity contribution in [1.29, 1.82) is 0 Å². The molecule has 0 aromatic heterocycles. The van der Waals surface area contributed by atoms with Crippen LogP contribution in [0.5, 0.6) is 0 Å². The second-order valence-electron chi connectivity index (χ2n) is 7.40. The van der Waals surface area contributed by atoms with Crippen molar-refractivity contribution in [2.45, 2.75) is 116 Å². The number of hydrogen-bond donors (Lipinski definition) is 1. The average Bonchev–Trinajstić information content (AvgIpc) is 2.64. The molecule has 162 valence electrons. The van der Waals surface area contributed by atoms with Crippen LogP contribution < -0.4 is 5.73 Å². The standard InChI is InChI=1S/C23H45NO2.ClH/c1-2-3-4-5-6-7-8-9-10-11-12-13-14-15-17-20-23(25)26-22-19-16-18-21-24;/h9-10H,2-8,11-22,24H2,1H3;1H/b10-9-;. The molecule has 0 amide bonds. The highest BCUT2D eigenvalue weighted by molar-refractivity contribution is 5.85. The Balaban J connectivity index is 0. The number of rotatable bonds is 20. The van der Waals surface area contributed by atoms with E-state index in [9.17, 15) is 4.79 Å². The largest absolute Gasteiger partial charge is 0.466 e. The minimum absolute atomic E-state index is 0. The molecule has 0 rings (SSSR count). The summed E-state index contributed by atoms with van der Waals surface area (Å²) in [6.07, 6.45) is 24.9. The summed E-state index contributed by atoms with van der Waals surface area (Å²) in [6.45, 7) is 3.55. The maximum atomic E-state index is 11.6. The minimum Gasteiger partial charge on any atom is -0.466 e. The highest BCUT2D eigenvalue weighted by Gasteiger charge is 2.02. The predicted molar refractivity (Wildman–Crippen MR) is 121 cm³/mol. The van der Waals surface area contributed by atoms with Crippen LogP contribution in [-0.2, 0) is 9.53 Å². The Morgan fingerprint density at radius 3 is 1.85 bits per heavy atom. The molecule has 0 aliphatic carbocycles. The molecule has 0 saturated heterocycles. The Morgan fingerprint density at radius 1 is 0.741 bits per heavy atom. The number of carbonyl (C=O) groups excluding carboxylic acids is 1. The van der Waals surface area contributed by atoms with Gasteiger partial charge in [-0.2, -0.15) is 0 Å². The molecule has 0 radical (unpaired) electrons. The molecule has 0 aliphatic rings. The molecule has 0 aromatic rings. The Hall–Kier alpha value is -0.540. The molecule has 0 aromatic carbocycles. The molecule has 0 saturated carbocycles. The van der Waals surface area contributed by atoms with Gasteiger partial charge in [0.1, 0.15) is 0 Å². The van der Waals surface area contributed by atoms with Gasteiger partial charge in [0.15, 0.2) is 0 Å². The van der Waals surface area contributed by atoms with Crippen LogP contribution in [-0.4, -0.2) is 19.1 Å². The van der Waals surface area contributed by atoms with E-state index < -0.39 is 0 Å². The van der Waals surface area contributed by atoms with Gasteiger partial charge < -0.3 is 10.5 Å². The summed E-state index contributed by atoms with van der Waals surface area (Å²) in [4.78, 5) is 11.6. The van der Waals surface area contributed by atoms with E-state index in [0.29, 0.717) is 13.0 Å². The lowest BCUT2D eigenvalue weighted by atomic mass is 10.1. The topological polar surface area (TPSA) is 52.3 Å². The predicted octanol–water partition coefficient (Wildman–Crippen LogP) is 7.12. The van der Waals surface area contributed by atoms with E-state index in [0.717, 1.165) is 38.6 Å². The fraction of sp³-hybridized carbons (Fsp3) is 0.870. The third kappa shape index (κ3) is 25.5. The van der Waals surface area contributed by atoms with E-state index in [1.807, 2.05) is 0 Å². The SMILES string of the molecule is CCCCCCCC/C=C\CCCCCCCC(=O)OCCCCCN.Cl. The first-order valence-electron chi connectivity index (χ1n) is 11.3. The van der Waals surface area contributed by atoms with Crippen molar-refractivity contribution >= 4 is 18.4 Å². The van der Waals surface area contributed by atoms with Gasteiger partial charge in [-0.25, -0.2) is 0 Å². The molecule has 0 bridgehead atoms. The van der Waals surface area contributed by atoms with Crippen molar-refractivity contribution in [3.8, 4) is 0 Å². The summed E-state index contributed by atoms with van der Waals surface area (Å²) in [6, 6.07) is 0. The monoisotopic (exact) mass is 403 g/mol. The first kappa shape index (κ1) is 28.7. The lowest BCUT2D eigenvalue weighted by Crippen LogP contribution is -2.06. The third-order valence-electron chi connectivity index (χ3n) is 4.75. The summed E-state index contributed by atoms with van der Waals surface area (Å²) in [7, 11) is 0. The number of ether oxygens (including phenoxy) is 1. The number of halogens is 1. The lowest BCUT2D eigenvalue weighted by molar-refractivity contribution is -0.143. The minimum atomic E-state index is -0.0321. The number of esters is 1. The molecule has 0 spiro atoms. The Morgan fingerprint density at radius 2 is 1.26 bits per heavy atom. The van der Waals surface area contributed by atoms with Gasteiger partial charge in [-0.05, 0) is 57.9 Å². The number of carbonyl (C=O) groups is 1. The van der Waals surface area contributed by atoms with Crippen LogP contribution in [0, 0.1) is 0 Å². The fourth-order valence-corrected chi connectivity index (χ4v) is 3.02. The van der Waals surface area contributed by atoms with Crippen molar-refractivity contribution in [1.82, 2.24) is 0 Å². The van der Waals surface area contributed by atoms with Gasteiger partial charge in [0.2, 0.25) is 0 Å². The van der Waals surface area contributed by atoms with Gasteiger partial charge in [-0.1, -0.05) is 70.4 Å². The zero-order valence-electron chi connectivity index (χ0n) is 17.9. The van der Waals surface area contributed by atoms with Gasteiger partial charge in [-0.3, -0.25) is 4.79 Å². The van der Waals surface area contributed by atoms with E-state index in [1.54, 1.807) is 0 Å². The van der Waals surface area contributed by atoms with Crippen LogP contribution in [0.3, 0.4) is 0 Å². The van der Waals surface area contributed by atoms with Crippen LogP contribution in [0.4, 0.5) is 0 Å². The van der Waals surface area contributed by atoms with Gasteiger partial charge in [0.25, 0.3) is 0 Å². The van der Waals surface area contributed by atoms with Crippen LogP contribution in [0.25, 0.3) is 0 Å². The molecule has 3 nitrogen and oxygen atoms in total. The van der Waals surface area contributed by atoms with E-state index >= 15 is 0 Å². The normalized spacial score (nSPS) is 10.9. The van der Waals surface area contributed by atoms with Crippen molar-refractivity contribution < 1.29 is 9.53 Å². The third-order valence-corrected chi connectivity index (χ3v) is 4.75. The molecule has 0 aliphatic heterocycles. The molecular formula is C23H46ClNO2. The maximum Gasteiger partial charge on any atom is 0.305 e. The Kier molecular flexibility index (Phi) is 27.0. The van der Waals surface area contributed by atoms with Crippen molar-refractivity contribution in [3.63, 3.8) is 0 Å². The van der Waals surface area contributed by atoms with Crippen LogP contribution in [0.2, 0.25) is 0 Å². The zero-order chi connectivity index (χ0) is 19.1. The number of hydrogen-bond acceptors (Lipinski definition) is 3. The molecule has 4 heteroatoms. The second-order valence-corrected chi connectivity index (χ2v) is 7.40. The molecular weight excluding hydrogens is 358 g/mol. The number of nitrogens with two attached hydrogens (primary N) is 1. The highest BCUT2D eigenvalue weighted by Crippen LogP contribution is 2.10. The summed E-state index contributed by atoms with van der Waals surface area (Å²) in [5.41, 5.74) is 5.43. The van der Waals surface area contributed by atoms with E-state index in [1.165, 1.54) is 70.6 Å². The molecule has 0 unspecified atom stereocenters. The van der Waals surface area contributed by atoms with E-state index in [4.69, 9.17) is 10.5 Å². The molecule has 2 N–H and O–H groups in total. The first-order chi connectivity index (χ1) is 12.8. The highest BCUT2D eigenvalue weighted by atomic mass is 35.5. The van der Waals surface area contributed by atoms with Crippen molar-refractivity contribution in [3.05, 3.63) is 12.2 Å². The second kappa shape index (κ2) is 25.5. The molecule has 27 heavy (non-hydrogen) atoms. The van der Waals surface area contributed by atoms with Gasteiger partial charge in [0.05, 0.1) is 6.61 Å². The lowest BCUT2D eigenvalue weighted by Gasteiger charge is -2.04. The van der Waals surface area contributed by atoms with Crippen LogP contribution in [0.15, 0.2) is 12.2 Å². The first-order valence-corrected chi connectivity index (χ1v) is 11.3. The van der Waals surface area contributed by atoms with Crippen molar-refractivity contribution in [2.24, 2.45) is 5.73 Å². The summed E-state index contributed by atoms with van der Waals surface area (Å²) in [5.74, 6) is -0.0321.